The number of hydrogen-bond acceptors (Lipinski definition) is 5. The van der Waals surface area contributed by atoms with E-state index >= 15 is 0 Å². The van der Waals surface area contributed by atoms with Crippen molar-refractivity contribution in [1.82, 2.24) is 20.5 Å². The van der Waals surface area contributed by atoms with E-state index in [4.69, 9.17) is 0 Å². The lowest BCUT2D eigenvalue weighted by atomic mass is 9.97. The largest absolute Gasteiger partial charge is 0.360 e. The lowest BCUT2D eigenvalue weighted by molar-refractivity contribution is -0.123. The third kappa shape index (κ3) is 5.17. The molecule has 1 aromatic rings. The maximum Gasteiger partial charge on any atom is 0.237 e. The van der Waals surface area contributed by atoms with Gasteiger partial charge in [0.15, 0.2) is 0 Å². The average Bonchev–Trinajstić information content (AvgIpc) is 3.21. The second-order valence-electron chi connectivity index (χ2n) is 7.68. The molecule has 1 aromatic heterocycles. The van der Waals surface area contributed by atoms with E-state index in [0.29, 0.717) is 5.92 Å². The van der Waals surface area contributed by atoms with Gasteiger partial charge in [0, 0.05) is 39.4 Å². The van der Waals surface area contributed by atoms with Gasteiger partial charge >= 0.3 is 0 Å². The number of rotatable bonds is 7. The third-order valence-electron chi connectivity index (χ3n) is 5.63. The van der Waals surface area contributed by atoms with Crippen molar-refractivity contribution in [2.75, 3.05) is 44.7 Å². The minimum atomic E-state index is 0.0283. The Hall–Kier alpha value is -1.66. The summed E-state index contributed by atoms with van der Waals surface area (Å²) < 4.78 is 0. The van der Waals surface area contributed by atoms with Gasteiger partial charge in [-0.3, -0.25) is 9.69 Å². The van der Waals surface area contributed by atoms with Crippen molar-refractivity contribution in [3.05, 3.63) is 23.9 Å². The number of carbonyl (C=O) groups excluding carboxylic acids is 1. The Labute approximate surface area is 157 Å². The molecule has 2 aliphatic rings. The fraction of sp³-hybridized carbons (Fsp3) is 0.700. The summed E-state index contributed by atoms with van der Waals surface area (Å²) in [6, 6.07) is 4.32. The molecular weight excluding hydrogens is 326 g/mol. The summed E-state index contributed by atoms with van der Waals surface area (Å²) >= 11 is 0. The van der Waals surface area contributed by atoms with Gasteiger partial charge in [0.1, 0.15) is 5.82 Å². The molecule has 6 nitrogen and oxygen atoms in total. The van der Waals surface area contributed by atoms with E-state index in [9.17, 15) is 4.79 Å². The number of nitrogens with zero attached hydrogens (tertiary/aromatic N) is 3. The minimum absolute atomic E-state index is 0.0283. The highest BCUT2D eigenvalue weighted by atomic mass is 16.2. The summed E-state index contributed by atoms with van der Waals surface area (Å²) in [5.74, 6) is 1.75. The van der Waals surface area contributed by atoms with Gasteiger partial charge in [-0.05, 0) is 63.2 Å². The van der Waals surface area contributed by atoms with Crippen molar-refractivity contribution in [1.29, 1.82) is 0 Å². The Morgan fingerprint density at radius 3 is 2.96 bits per heavy atom. The van der Waals surface area contributed by atoms with Gasteiger partial charge in [0.05, 0.1) is 6.04 Å². The van der Waals surface area contributed by atoms with E-state index < -0.39 is 0 Å². The molecule has 6 heteroatoms. The van der Waals surface area contributed by atoms with E-state index in [-0.39, 0.29) is 11.9 Å². The average molecular weight is 360 g/mol. The molecule has 1 amide bonds. The quantitative estimate of drug-likeness (QED) is 0.775. The summed E-state index contributed by atoms with van der Waals surface area (Å²) in [6.07, 6.45) is 6.48. The first-order valence-electron chi connectivity index (χ1n) is 10.0. The first-order chi connectivity index (χ1) is 12.7. The van der Waals surface area contributed by atoms with E-state index in [0.717, 1.165) is 57.9 Å². The summed E-state index contributed by atoms with van der Waals surface area (Å²) in [4.78, 5) is 21.4. The van der Waals surface area contributed by atoms with Crippen molar-refractivity contribution >= 4 is 11.7 Å². The zero-order chi connectivity index (χ0) is 18.4. The van der Waals surface area contributed by atoms with Crippen LogP contribution < -0.4 is 15.5 Å². The van der Waals surface area contributed by atoms with Crippen LogP contribution in [-0.2, 0) is 11.3 Å². The van der Waals surface area contributed by atoms with E-state index in [1.807, 2.05) is 6.20 Å². The van der Waals surface area contributed by atoms with Crippen LogP contribution in [0, 0.1) is 5.92 Å². The molecule has 0 spiro atoms. The van der Waals surface area contributed by atoms with E-state index in [1.54, 1.807) is 0 Å². The van der Waals surface area contributed by atoms with Crippen LogP contribution in [0.1, 0.15) is 38.2 Å². The van der Waals surface area contributed by atoms with Crippen molar-refractivity contribution < 1.29 is 4.79 Å². The Morgan fingerprint density at radius 2 is 2.27 bits per heavy atom. The molecule has 3 heterocycles. The number of carbonyl (C=O) groups is 1. The zero-order valence-electron chi connectivity index (χ0n) is 16.2. The number of anilines is 1. The Kier molecular flexibility index (Phi) is 6.86. The summed E-state index contributed by atoms with van der Waals surface area (Å²) in [5, 5.41) is 6.43. The molecule has 26 heavy (non-hydrogen) atoms. The smallest absolute Gasteiger partial charge is 0.237 e. The number of piperidine rings is 1. The van der Waals surface area contributed by atoms with Gasteiger partial charge < -0.3 is 15.5 Å². The number of pyridine rings is 1. The molecule has 3 rings (SSSR count). The van der Waals surface area contributed by atoms with Crippen molar-refractivity contribution in [3.63, 3.8) is 0 Å². The summed E-state index contributed by atoms with van der Waals surface area (Å²) in [5.41, 5.74) is 1.26. The molecule has 0 radical (unpaired) electrons. The number of likely N-dealkylation sites (tertiary alicyclic amines) is 1. The molecule has 144 valence electrons. The Bertz CT molecular complexity index is 570. The van der Waals surface area contributed by atoms with Gasteiger partial charge in [0.25, 0.3) is 0 Å². The van der Waals surface area contributed by atoms with Crippen LogP contribution in [-0.4, -0.2) is 61.6 Å². The lowest BCUT2D eigenvalue weighted by Crippen LogP contribution is -2.45. The highest BCUT2D eigenvalue weighted by Gasteiger charge is 2.24. The van der Waals surface area contributed by atoms with E-state index in [2.05, 4.69) is 51.5 Å². The number of aromatic nitrogens is 1. The maximum absolute atomic E-state index is 12.2. The van der Waals surface area contributed by atoms with E-state index in [1.165, 1.54) is 18.4 Å². The first-order valence-corrected chi connectivity index (χ1v) is 10.0. The van der Waals surface area contributed by atoms with Gasteiger partial charge in [-0.1, -0.05) is 6.07 Å². The summed E-state index contributed by atoms with van der Waals surface area (Å²) in [7, 11) is 2.06. The molecule has 2 aliphatic heterocycles. The Morgan fingerprint density at radius 1 is 1.38 bits per heavy atom. The summed E-state index contributed by atoms with van der Waals surface area (Å²) in [6.45, 7) is 7.98. The fourth-order valence-corrected chi connectivity index (χ4v) is 3.89. The predicted molar refractivity (Wildman–Crippen MR) is 105 cm³/mol. The molecule has 0 saturated carbocycles. The van der Waals surface area contributed by atoms with Crippen molar-refractivity contribution in [3.8, 4) is 0 Å². The highest BCUT2D eigenvalue weighted by Crippen LogP contribution is 2.19. The van der Waals surface area contributed by atoms with Crippen LogP contribution in [0.3, 0.4) is 0 Å². The number of hydrogen-bond donors (Lipinski definition) is 2. The van der Waals surface area contributed by atoms with Crippen LogP contribution in [0.5, 0.6) is 0 Å². The fourth-order valence-electron chi connectivity index (χ4n) is 3.89. The zero-order valence-corrected chi connectivity index (χ0v) is 16.2. The number of nitrogens with one attached hydrogen (secondary N) is 2. The van der Waals surface area contributed by atoms with Crippen LogP contribution in [0.25, 0.3) is 0 Å². The Balaban J connectivity index is 1.45. The van der Waals surface area contributed by atoms with Gasteiger partial charge in [0.2, 0.25) is 5.91 Å². The minimum Gasteiger partial charge on any atom is -0.360 e. The van der Waals surface area contributed by atoms with Crippen LogP contribution in [0.4, 0.5) is 5.82 Å². The van der Waals surface area contributed by atoms with Crippen LogP contribution in [0.15, 0.2) is 18.3 Å². The maximum atomic E-state index is 12.2. The SMILES string of the molecule is CCN(C)c1ccc(CN2CCCC(CNC(=O)C3CCCN3)C2)cn1. The van der Waals surface area contributed by atoms with Crippen LogP contribution >= 0.6 is 0 Å². The standard InChI is InChI=1S/C20H33N5O/c1-3-24(2)19-9-8-17(12-22-19)15-25-11-5-6-16(14-25)13-23-20(26)18-7-4-10-21-18/h8-9,12,16,18,21H,3-7,10-11,13-15H2,1-2H3,(H,23,26). The number of amides is 1. The first kappa shape index (κ1) is 19.1. The van der Waals surface area contributed by atoms with Crippen molar-refractivity contribution in [2.45, 2.75) is 45.2 Å². The second kappa shape index (κ2) is 9.33. The second-order valence-corrected chi connectivity index (χ2v) is 7.68. The molecule has 2 saturated heterocycles. The molecule has 2 N–H and O–H groups in total. The molecule has 2 unspecified atom stereocenters. The van der Waals surface area contributed by atoms with Gasteiger partial charge in [-0.2, -0.15) is 0 Å². The molecular formula is C20H33N5O. The normalized spacial score (nSPS) is 23.8. The third-order valence-corrected chi connectivity index (χ3v) is 5.63. The molecule has 0 bridgehead atoms. The van der Waals surface area contributed by atoms with Gasteiger partial charge in [-0.25, -0.2) is 4.98 Å². The predicted octanol–water partition coefficient (Wildman–Crippen LogP) is 1.62. The lowest BCUT2D eigenvalue weighted by Gasteiger charge is -2.33. The van der Waals surface area contributed by atoms with Crippen LogP contribution in [0.2, 0.25) is 0 Å². The molecule has 2 atom stereocenters. The van der Waals surface area contributed by atoms with Gasteiger partial charge in [-0.15, -0.1) is 0 Å². The monoisotopic (exact) mass is 359 g/mol. The molecule has 2 fully saturated rings. The molecule has 0 aliphatic carbocycles. The topological polar surface area (TPSA) is 60.5 Å². The highest BCUT2D eigenvalue weighted by molar-refractivity contribution is 5.81. The molecule has 0 aromatic carbocycles. The van der Waals surface area contributed by atoms with Crippen molar-refractivity contribution in [2.24, 2.45) is 5.92 Å².